The van der Waals surface area contributed by atoms with Crippen molar-refractivity contribution in [2.45, 2.75) is 65.1 Å². The Bertz CT molecular complexity index is 450. The van der Waals surface area contributed by atoms with Crippen LogP contribution in [0.15, 0.2) is 12.3 Å². The Hall–Kier alpha value is -0.800. The first-order chi connectivity index (χ1) is 9.40. The molecular weight excluding hydrogens is 270 g/mol. The summed E-state index contributed by atoms with van der Waals surface area (Å²) >= 11 is 6.45. The zero-order valence-corrected chi connectivity index (χ0v) is 13.8. The van der Waals surface area contributed by atoms with E-state index in [0.717, 1.165) is 35.9 Å². The third-order valence-electron chi connectivity index (χ3n) is 3.43. The van der Waals surface area contributed by atoms with Gasteiger partial charge in [-0.25, -0.2) is 4.98 Å². The van der Waals surface area contributed by atoms with E-state index < -0.39 is 0 Å². The van der Waals surface area contributed by atoms with Crippen LogP contribution in [-0.4, -0.2) is 23.1 Å². The average Bonchev–Trinajstić information content (AvgIpc) is 3.18. The van der Waals surface area contributed by atoms with Crippen LogP contribution >= 0.6 is 11.6 Å². The van der Waals surface area contributed by atoms with Gasteiger partial charge >= 0.3 is 0 Å². The van der Waals surface area contributed by atoms with E-state index in [0.29, 0.717) is 6.04 Å². The number of halogens is 1. The molecule has 0 atom stereocenters. The van der Waals surface area contributed by atoms with Crippen LogP contribution < -0.4 is 10.2 Å². The molecule has 0 bridgehead atoms. The topological polar surface area (TPSA) is 28.2 Å². The van der Waals surface area contributed by atoms with Crippen LogP contribution in [0, 0.1) is 0 Å². The van der Waals surface area contributed by atoms with Crippen LogP contribution in [-0.2, 0) is 6.54 Å². The molecule has 1 aliphatic rings. The maximum atomic E-state index is 6.45. The SMILES string of the molecule is CCCN(c1ncc(CNC(C)(C)C)cc1Cl)C1CC1. The monoisotopic (exact) mass is 295 g/mol. The molecule has 1 N–H and O–H groups in total. The lowest BCUT2D eigenvalue weighted by Gasteiger charge is -2.25. The summed E-state index contributed by atoms with van der Waals surface area (Å²) in [6.45, 7) is 10.5. The molecule has 1 fully saturated rings. The molecule has 1 aromatic rings. The van der Waals surface area contributed by atoms with Gasteiger partial charge in [0.15, 0.2) is 0 Å². The van der Waals surface area contributed by atoms with Crippen LogP contribution in [0.1, 0.15) is 52.5 Å². The van der Waals surface area contributed by atoms with Crippen molar-refractivity contribution in [3.63, 3.8) is 0 Å². The number of hydrogen-bond acceptors (Lipinski definition) is 3. The van der Waals surface area contributed by atoms with E-state index in [-0.39, 0.29) is 5.54 Å². The van der Waals surface area contributed by atoms with Crippen LogP contribution in [0.3, 0.4) is 0 Å². The third kappa shape index (κ3) is 4.35. The minimum Gasteiger partial charge on any atom is -0.352 e. The summed E-state index contributed by atoms with van der Waals surface area (Å²) in [5.74, 6) is 0.954. The summed E-state index contributed by atoms with van der Waals surface area (Å²) < 4.78 is 0. The van der Waals surface area contributed by atoms with E-state index >= 15 is 0 Å². The van der Waals surface area contributed by atoms with E-state index in [9.17, 15) is 0 Å². The minimum atomic E-state index is 0.105. The van der Waals surface area contributed by atoms with Crippen molar-refractivity contribution in [3.05, 3.63) is 22.8 Å². The molecule has 3 nitrogen and oxygen atoms in total. The van der Waals surface area contributed by atoms with Crippen LogP contribution in [0.25, 0.3) is 0 Å². The van der Waals surface area contributed by atoms with E-state index in [1.54, 1.807) is 0 Å². The average molecular weight is 296 g/mol. The summed E-state index contributed by atoms with van der Waals surface area (Å²) in [5, 5.41) is 4.24. The third-order valence-corrected chi connectivity index (χ3v) is 3.70. The van der Waals surface area contributed by atoms with E-state index in [4.69, 9.17) is 11.6 Å². The summed E-state index contributed by atoms with van der Waals surface area (Å²) in [6.07, 6.45) is 5.61. The predicted octanol–water partition coefficient (Wildman–Crippen LogP) is 4.00. The first kappa shape index (κ1) is 15.6. The molecule has 4 heteroatoms. The number of nitrogens with zero attached hydrogens (tertiary/aromatic N) is 2. The molecule has 0 saturated heterocycles. The summed E-state index contributed by atoms with van der Waals surface area (Å²) in [5.41, 5.74) is 1.24. The van der Waals surface area contributed by atoms with Gasteiger partial charge in [-0.2, -0.15) is 0 Å². The van der Waals surface area contributed by atoms with Gasteiger partial charge in [0.05, 0.1) is 5.02 Å². The molecule has 1 aliphatic carbocycles. The van der Waals surface area contributed by atoms with Crippen molar-refractivity contribution < 1.29 is 0 Å². The van der Waals surface area contributed by atoms with Crippen LogP contribution in [0.2, 0.25) is 5.02 Å². The Labute approximate surface area is 127 Å². The fourth-order valence-electron chi connectivity index (χ4n) is 2.23. The molecule has 0 spiro atoms. The Morgan fingerprint density at radius 1 is 1.40 bits per heavy atom. The standard InChI is InChI=1S/C16H26ClN3/c1-5-8-20(13-6-7-13)15-14(17)9-12(10-18-15)11-19-16(2,3)4/h9-10,13,19H,5-8,11H2,1-4H3. The largest absolute Gasteiger partial charge is 0.352 e. The van der Waals surface area contributed by atoms with E-state index in [1.165, 1.54) is 12.8 Å². The van der Waals surface area contributed by atoms with E-state index in [2.05, 4.69) is 42.9 Å². The number of pyridine rings is 1. The molecule has 20 heavy (non-hydrogen) atoms. The van der Waals surface area contributed by atoms with Gasteiger partial charge in [-0.1, -0.05) is 18.5 Å². The van der Waals surface area contributed by atoms with Crippen molar-refractivity contribution >= 4 is 17.4 Å². The molecule has 1 aromatic heterocycles. The second kappa shape index (κ2) is 6.31. The quantitative estimate of drug-likeness (QED) is 0.860. The second-order valence-corrected chi connectivity index (χ2v) is 7.08. The van der Waals surface area contributed by atoms with Crippen molar-refractivity contribution in [1.82, 2.24) is 10.3 Å². The molecule has 112 valence electrons. The first-order valence-electron chi connectivity index (χ1n) is 7.57. The highest BCUT2D eigenvalue weighted by atomic mass is 35.5. The van der Waals surface area contributed by atoms with Gasteiger partial charge in [0.1, 0.15) is 5.82 Å². The van der Waals surface area contributed by atoms with Gasteiger partial charge in [0.25, 0.3) is 0 Å². The molecule has 0 amide bonds. The number of anilines is 1. The van der Waals surface area contributed by atoms with Crippen molar-refractivity contribution in [1.29, 1.82) is 0 Å². The Balaban J connectivity index is 2.08. The highest BCUT2D eigenvalue weighted by molar-refractivity contribution is 6.33. The van der Waals surface area contributed by atoms with Gasteiger partial charge in [-0.15, -0.1) is 0 Å². The van der Waals surface area contributed by atoms with E-state index in [1.807, 2.05) is 12.3 Å². The Morgan fingerprint density at radius 3 is 2.60 bits per heavy atom. The van der Waals surface area contributed by atoms with Crippen molar-refractivity contribution in [3.8, 4) is 0 Å². The molecule has 1 saturated carbocycles. The lowest BCUT2D eigenvalue weighted by atomic mass is 10.1. The molecule has 0 aromatic carbocycles. The molecule has 1 heterocycles. The number of nitrogens with one attached hydrogen (secondary N) is 1. The van der Waals surface area contributed by atoms with Crippen LogP contribution in [0.5, 0.6) is 0 Å². The maximum Gasteiger partial charge on any atom is 0.147 e. The Morgan fingerprint density at radius 2 is 2.10 bits per heavy atom. The van der Waals surface area contributed by atoms with Crippen molar-refractivity contribution in [2.24, 2.45) is 0 Å². The van der Waals surface area contributed by atoms with Crippen molar-refractivity contribution in [2.75, 3.05) is 11.4 Å². The molecule has 0 radical (unpaired) electrons. The maximum absolute atomic E-state index is 6.45. The molecule has 0 unspecified atom stereocenters. The highest BCUT2D eigenvalue weighted by Gasteiger charge is 2.30. The minimum absolute atomic E-state index is 0.105. The number of aromatic nitrogens is 1. The molecule has 2 rings (SSSR count). The lowest BCUT2D eigenvalue weighted by molar-refractivity contribution is 0.424. The lowest BCUT2D eigenvalue weighted by Crippen LogP contribution is -2.35. The van der Waals surface area contributed by atoms with Gasteiger partial charge in [0, 0.05) is 30.9 Å². The normalized spacial score (nSPS) is 15.4. The first-order valence-corrected chi connectivity index (χ1v) is 7.94. The van der Waals surface area contributed by atoms with Gasteiger partial charge in [-0.3, -0.25) is 0 Å². The van der Waals surface area contributed by atoms with Crippen LogP contribution in [0.4, 0.5) is 5.82 Å². The highest BCUT2D eigenvalue weighted by Crippen LogP contribution is 2.34. The Kier molecular flexibility index (Phi) is 4.92. The van der Waals surface area contributed by atoms with Gasteiger partial charge in [0.2, 0.25) is 0 Å². The number of hydrogen-bond donors (Lipinski definition) is 1. The second-order valence-electron chi connectivity index (χ2n) is 6.68. The molecular formula is C16H26ClN3. The molecule has 0 aliphatic heterocycles. The fourth-order valence-corrected chi connectivity index (χ4v) is 2.53. The smallest absolute Gasteiger partial charge is 0.147 e. The van der Waals surface area contributed by atoms with Gasteiger partial charge in [-0.05, 0) is 51.7 Å². The number of rotatable bonds is 6. The predicted molar refractivity (Wildman–Crippen MR) is 86.5 cm³/mol. The summed E-state index contributed by atoms with van der Waals surface area (Å²) in [7, 11) is 0. The zero-order chi connectivity index (χ0) is 14.8. The summed E-state index contributed by atoms with van der Waals surface area (Å²) in [6, 6.07) is 2.70. The summed E-state index contributed by atoms with van der Waals surface area (Å²) in [4.78, 5) is 6.98. The fraction of sp³-hybridized carbons (Fsp3) is 0.688. The van der Waals surface area contributed by atoms with Gasteiger partial charge < -0.3 is 10.2 Å². The zero-order valence-electron chi connectivity index (χ0n) is 13.0.